The molecule has 5 fully saturated rings. The van der Waals surface area contributed by atoms with E-state index in [1.165, 1.54) is 38.3 Å². The average molecular weight is 385 g/mol. The SMILES string of the molecule is C[C@H](CNC(=O)c1cnc(C23CC4CC(CC(C4)C2)C3)[nH]c1=O)N1CCCC1. The molecule has 5 aliphatic rings. The molecule has 6 nitrogen and oxygen atoms in total. The van der Waals surface area contributed by atoms with Crippen LogP contribution in [-0.4, -0.2) is 46.5 Å². The molecular weight excluding hydrogens is 352 g/mol. The van der Waals surface area contributed by atoms with Crippen molar-refractivity contribution in [2.45, 2.75) is 69.7 Å². The van der Waals surface area contributed by atoms with Gasteiger partial charge in [-0.3, -0.25) is 14.5 Å². The zero-order chi connectivity index (χ0) is 19.3. The van der Waals surface area contributed by atoms with E-state index >= 15 is 0 Å². The summed E-state index contributed by atoms with van der Waals surface area (Å²) in [4.78, 5) is 35.3. The van der Waals surface area contributed by atoms with E-state index in [1.807, 2.05) is 0 Å². The highest BCUT2D eigenvalue weighted by molar-refractivity contribution is 5.93. The van der Waals surface area contributed by atoms with E-state index in [9.17, 15) is 9.59 Å². The van der Waals surface area contributed by atoms with E-state index in [0.717, 1.165) is 55.9 Å². The molecule has 4 saturated carbocycles. The number of aromatic amines is 1. The monoisotopic (exact) mass is 384 g/mol. The van der Waals surface area contributed by atoms with Gasteiger partial charge < -0.3 is 10.3 Å². The van der Waals surface area contributed by atoms with Crippen molar-refractivity contribution < 1.29 is 4.79 Å². The lowest BCUT2D eigenvalue weighted by Crippen LogP contribution is -2.50. The second-order valence-electron chi connectivity index (χ2n) is 9.97. The Kier molecular flexibility index (Phi) is 4.57. The molecule has 1 atom stereocenters. The zero-order valence-corrected chi connectivity index (χ0v) is 16.9. The maximum Gasteiger partial charge on any atom is 0.263 e. The van der Waals surface area contributed by atoms with Crippen LogP contribution in [0, 0.1) is 17.8 Å². The quantitative estimate of drug-likeness (QED) is 0.817. The summed E-state index contributed by atoms with van der Waals surface area (Å²) in [6, 6.07) is 0.296. The topological polar surface area (TPSA) is 78.1 Å². The van der Waals surface area contributed by atoms with Crippen molar-refractivity contribution in [3.63, 3.8) is 0 Å². The molecule has 1 aromatic rings. The molecule has 0 aromatic carbocycles. The van der Waals surface area contributed by atoms with E-state index in [4.69, 9.17) is 0 Å². The van der Waals surface area contributed by atoms with E-state index in [-0.39, 0.29) is 22.4 Å². The number of nitrogens with one attached hydrogen (secondary N) is 2. The molecule has 1 aromatic heterocycles. The van der Waals surface area contributed by atoms with E-state index in [0.29, 0.717) is 12.6 Å². The van der Waals surface area contributed by atoms with Crippen molar-refractivity contribution >= 4 is 5.91 Å². The number of amides is 1. The van der Waals surface area contributed by atoms with Crippen LogP contribution in [0.4, 0.5) is 0 Å². The van der Waals surface area contributed by atoms with Gasteiger partial charge in [0.05, 0.1) is 0 Å². The van der Waals surface area contributed by atoms with Crippen molar-refractivity contribution in [2.24, 2.45) is 17.8 Å². The van der Waals surface area contributed by atoms with Gasteiger partial charge in [-0.1, -0.05) is 0 Å². The summed E-state index contributed by atoms with van der Waals surface area (Å²) in [7, 11) is 0. The van der Waals surface area contributed by atoms with Crippen LogP contribution in [0.5, 0.6) is 0 Å². The molecule has 1 amide bonds. The Morgan fingerprint density at radius 2 is 1.82 bits per heavy atom. The van der Waals surface area contributed by atoms with Crippen LogP contribution in [-0.2, 0) is 5.41 Å². The first kappa shape index (κ1) is 18.3. The number of nitrogens with zero attached hydrogens (tertiary/aromatic N) is 2. The van der Waals surface area contributed by atoms with Gasteiger partial charge in [0.15, 0.2) is 0 Å². The van der Waals surface area contributed by atoms with E-state index < -0.39 is 0 Å². The first-order valence-corrected chi connectivity index (χ1v) is 11.1. The molecular formula is C22H32N4O2. The van der Waals surface area contributed by atoms with Crippen LogP contribution in [0.25, 0.3) is 0 Å². The lowest BCUT2D eigenvalue weighted by Gasteiger charge is -2.56. The lowest BCUT2D eigenvalue weighted by atomic mass is 9.49. The number of carbonyl (C=O) groups is 1. The lowest BCUT2D eigenvalue weighted by molar-refractivity contribution is -0.00953. The number of hydrogen-bond acceptors (Lipinski definition) is 4. The molecule has 4 aliphatic carbocycles. The molecule has 1 aliphatic heterocycles. The predicted molar refractivity (Wildman–Crippen MR) is 107 cm³/mol. The van der Waals surface area contributed by atoms with E-state index in [1.54, 1.807) is 0 Å². The van der Waals surface area contributed by atoms with Gasteiger partial charge in [-0.2, -0.15) is 0 Å². The predicted octanol–water partition coefficient (Wildman–Crippen LogP) is 2.45. The summed E-state index contributed by atoms with van der Waals surface area (Å²) in [6.45, 7) is 4.89. The first-order valence-electron chi connectivity index (χ1n) is 11.1. The Bertz CT molecular complexity index is 776. The van der Waals surface area contributed by atoms with Gasteiger partial charge >= 0.3 is 0 Å². The fourth-order valence-corrected chi connectivity index (χ4v) is 6.87. The second kappa shape index (κ2) is 6.97. The van der Waals surface area contributed by atoms with Gasteiger partial charge in [-0.05, 0) is 89.1 Å². The van der Waals surface area contributed by atoms with Crippen molar-refractivity contribution in [1.82, 2.24) is 20.2 Å². The molecule has 0 radical (unpaired) electrons. The number of hydrogen-bond donors (Lipinski definition) is 2. The molecule has 4 bridgehead atoms. The number of carbonyl (C=O) groups excluding carboxylic acids is 1. The Labute approximate surface area is 166 Å². The second-order valence-corrected chi connectivity index (χ2v) is 9.97. The highest BCUT2D eigenvalue weighted by Crippen LogP contribution is 2.59. The molecule has 1 saturated heterocycles. The Hall–Kier alpha value is -1.69. The van der Waals surface area contributed by atoms with E-state index in [2.05, 4.69) is 27.1 Å². The smallest absolute Gasteiger partial charge is 0.263 e. The minimum Gasteiger partial charge on any atom is -0.350 e. The zero-order valence-electron chi connectivity index (χ0n) is 16.9. The van der Waals surface area contributed by atoms with Crippen molar-refractivity contribution in [3.05, 3.63) is 27.9 Å². The fourth-order valence-electron chi connectivity index (χ4n) is 6.87. The van der Waals surface area contributed by atoms with Crippen LogP contribution >= 0.6 is 0 Å². The van der Waals surface area contributed by atoms with Gasteiger partial charge in [0.25, 0.3) is 11.5 Å². The number of aromatic nitrogens is 2. The van der Waals surface area contributed by atoms with Gasteiger partial charge in [-0.15, -0.1) is 0 Å². The summed E-state index contributed by atoms with van der Waals surface area (Å²) in [5.74, 6) is 2.92. The molecule has 152 valence electrons. The summed E-state index contributed by atoms with van der Waals surface area (Å²) in [6.07, 6.45) is 11.5. The van der Waals surface area contributed by atoms with Crippen LogP contribution in [0.1, 0.15) is 74.5 Å². The van der Waals surface area contributed by atoms with Crippen LogP contribution in [0.3, 0.4) is 0 Å². The first-order chi connectivity index (χ1) is 13.5. The third-order valence-corrected chi connectivity index (χ3v) is 7.91. The summed E-state index contributed by atoms with van der Waals surface area (Å²) in [5.41, 5.74) is -0.0955. The normalized spacial score (nSPS) is 35.2. The van der Waals surface area contributed by atoms with Gasteiger partial charge in [-0.25, -0.2) is 4.98 Å². The molecule has 2 heterocycles. The highest BCUT2D eigenvalue weighted by Gasteiger charge is 2.52. The van der Waals surface area contributed by atoms with Crippen molar-refractivity contribution in [3.8, 4) is 0 Å². The maximum absolute atomic E-state index is 12.7. The third-order valence-electron chi connectivity index (χ3n) is 7.91. The van der Waals surface area contributed by atoms with Crippen molar-refractivity contribution in [1.29, 1.82) is 0 Å². The Morgan fingerprint density at radius 1 is 1.21 bits per heavy atom. The minimum atomic E-state index is -0.308. The van der Waals surface area contributed by atoms with Crippen LogP contribution < -0.4 is 10.9 Å². The van der Waals surface area contributed by atoms with Crippen LogP contribution in [0.15, 0.2) is 11.0 Å². The number of likely N-dealkylation sites (tertiary alicyclic amines) is 1. The van der Waals surface area contributed by atoms with Crippen LogP contribution in [0.2, 0.25) is 0 Å². The fraction of sp³-hybridized carbons (Fsp3) is 0.773. The summed E-state index contributed by atoms with van der Waals surface area (Å²) in [5, 5.41) is 2.93. The molecule has 2 N–H and O–H groups in total. The van der Waals surface area contributed by atoms with Gasteiger partial charge in [0.1, 0.15) is 11.4 Å². The van der Waals surface area contributed by atoms with Crippen molar-refractivity contribution in [2.75, 3.05) is 19.6 Å². The minimum absolute atomic E-state index is 0.0488. The largest absolute Gasteiger partial charge is 0.350 e. The average Bonchev–Trinajstić information content (AvgIpc) is 3.19. The molecule has 0 spiro atoms. The Balaban J connectivity index is 1.29. The molecule has 6 heteroatoms. The third kappa shape index (κ3) is 3.19. The molecule has 6 rings (SSSR count). The van der Waals surface area contributed by atoms with Gasteiger partial charge in [0.2, 0.25) is 0 Å². The number of H-pyrrole nitrogens is 1. The molecule has 0 unspecified atom stereocenters. The number of rotatable bonds is 5. The van der Waals surface area contributed by atoms with Gasteiger partial charge in [0, 0.05) is 24.2 Å². The summed E-state index contributed by atoms with van der Waals surface area (Å²) >= 11 is 0. The maximum atomic E-state index is 12.7. The highest BCUT2D eigenvalue weighted by atomic mass is 16.2. The summed E-state index contributed by atoms with van der Waals surface area (Å²) < 4.78 is 0. The molecule has 28 heavy (non-hydrogen) atoms. The Morgan fingerprint density at radius 3 is 2.39 bits per heavy atom. The standard InChI is InChI=1S/C22H32N4O2/c1-14(26-4-2-3-5-26)12-23-19(27)18-13-24-21(25-20(18)28)22-9-15-6-16(10-22)8-17(7-15)11-22/h13-17H,2-12H2,1H3,(H,23,27)(H,24,25,28)/t14-,15?,16?,17?,22?/m1/s1.